The van der Waals surface area contributed by atoms with Gasteiger partial charge in [-0.05, 0) is 18.4 Å². The molecule has 2 N–H and O–H groups in total. The first-order chi connectivity index (χ1) is 12.8. The average Bonchev–Trinajstić information content (AvgIpc) is 2.98. The molecule has 27 heavy (non-hydrogen) atoms. The number of nitrogens with one attached hydrogen (secondary N) is 1. The summed E-state index contributed by atoms with van der Waals surface area (Å²) in [4.78, 5) is 15.7. The van der Waals surface area contributed by atoms with Crippen molar-refractivity contribution >= 4 is 17.9 Å². The minimum absolute atomic E-state index is 0.0350. The summed E-state index contributed by atoms with van der Waals surface area (Å²) in [7, 11) is 1.61. The number of hydrogen-bond acceptors (Lipinski definition) is 4. The van der Waals surface area contributed by atoms with Crippen LogP contribution in [-0.2, 0) is 6.61 Å². The number of anilines is 1. The number of aldehydes is 1. The maximum absolute atomic E-state index is 12.9. The Labute approximate surface area is 156 Å². The van der Waals surface area contributed by atoms with E-state index in [9.17, 15) is 18.7 Å². The lowest BCUT2D eigenvalue weighted by molar-refractivity contribution is 0.112. The van der Waals surface area contributed by atoms with Crippen LogP contribution in [0.1, 0.15) is 60.4 Å². The van der Waals surface area contributed by atoms with Crippen LogP contribution in [0.15, 0.2) is 29.3 Å². The Bertz CT molecular complexity index is 814. The number of nitrogens with zero attached hydrogens (tertiary/aromatic N) is 3. The average molecular weight is 378 g/mol. The van der Waals surface area contributed by atoms with Gasteiger partial charge >= 0.3 is 0 Å². The molecule has 0 aliphatic carbocycles. The fourth-order valence-corrected chi connectivity index (χ4v) is 2.93. The second-order valence-corrected chi connectivity index (χ2v) is 6.52. The smallest absolute Gasteiger partial charge is 0.263 e. The van der Waals surface area contributed by atoms with E-state index >= 15 is 0 Å². The summed E-state index contributed by atoms with van der Waals surface area (Å²) in [5.74, 6) is 1.01. The van der Waals surface area contributed by atoms with Gasteiger partial charge in [-0.25, -0.2) is 13.5 Å². The number of alkyl halides is 2. The van der Waals surface area contributed by atoms with E-state index in [1.165, 1.54) is 12.1 Å². The SMILES string of the molecule is CN=C(C)Nc1c(C=O)c(CO)nn1C(c1ccc(C(F)F)cc1)C(C)C. The molecular weight excluding hydrogens is 354 g/mol. The lowest BCUT2D eigenvalue weighted by Gasteiger charge is -2.25. The molecule has 0 spiro atoms. The third-order valence-corrected chi connectivity index (χ3v) is 4.35. The van der Waals surface area contributed by atoms with Crippen molar-refractivity contribution < 1.29 is 18.7 Å². The molecular formula is C19H24F2N4O2. The molecule has 1 heterocycles. The van der Waals surface area contributed by atoms with Crippen molar-refractivity contribution in [1.29, 1.82) is 0 Å². The van der Waals surface area contributed by atoms with Gasteiger partial charge in [-0.15, -0.1) is 0 Å². The zero-order chi connectivity index (χ0) is 20.1. The molecule has 0 fully saturated rings. The highest BCUT2D eigenvalue weighted by atomic mass is 19.3. The zero-order valence-corrected chi connectivity index (χ0v) is 15.8. The van der Waals surface area contributed by atoms with Gasteiger partial charge in [0.05, 0.1) is 24.0 Å². The number of halogens is 2. The van der Waals surface area contributed by atoms with Gasteiger partial charge < -0.3 is 10.4 Å². The number of carbonyl (C=O) groups is 1. The van der Waals surface area contributed by atoms with Crippen molar-refractivity contribution in [3.8, 4) is 0 Å². The molecule has 1 aromatic heterocycles. The van der Waals surface area contributed by atoms with Gasteiger partial charge in [0.1, 0.15) is 11.5 Å². The quantitative estimate of drug-likeness (QED) is 0.436. The maximum atomic E-state index is 12.9. The summed E-state index contributed by atoms with van der Waals surface area (Å²) in [5, 5.41) is 17.1. The minimum Gasteiger partial charge on any atom is -0.390 e. The molecule has 146 valence electrons. The second kappa shape index (κ2) is 8.85. The molecule has 0 saturated carbocycles. The Kier molecular flexibility index (Phi) is 6.79. The Balaban J connectivity index is 2.62. The Morgan fingerprint density at radius 1 is 1.30 bits per heavy atom. The van der Waals surface area contributed by atoms with Crippen LogP contribution in [0.5, 0.6) is 0 Å². The van der Waals surface area contributed by atoms with Crippen LogP contribution in [0.4, 0.5) is 14.6 Å². The van der Waals surface area contributed by atoms with Gasteiger partial charge in [0.15, 0.2) is 6.29 Å². The number of aliphatic hydroxyl groups excluding tert-OH is 1. The largest absolute Gasteiger partial charge is 0.390 e. The molecule has 0 aliphatic rings. The first-order valence-corrected chi connectivity index (χ1v) is 8.59. The molecule has 0 radical (unpaired) electrons. The third-order valence-electron chi connectivity index (χ3n) is 4.35. The number of benzene rings is 1. The summed E-state index contributed by atoms with van der Waals surface area (Å²) >= 11 is 0. The standard InChI is InChI=1S/C19H24F2N4O2/c1-11(2)17(13-5-7-14(8-6-13)18(20)21)25-19(23-12(3)22-4)15(9-26)16(10-27)24-25/h5-9,11,17-18,27H,10H2,1-4H3,(H,22,23). The Hall–Kier alpha value is -2.61. The molecule has 8 heteroatoms. The lowest BCUT2D eigenvalue weighted by Crippen LogP contribution is -2.22. The summed E-state index contributed by atoms with van der Waals surface area (Å²) < 4.78 is 27.4. The van der Waals surface area contributed by atoms with Gasteiger partial charge in [0.25, 0.3) is 6.43 Å². The van der Waals surface area contributed by atoms with Crippen molar-refractivity contribution in [1.82, 2.24) is 9.78 Å². The predicted molar refractivity (Wildman–Crippen MR) is 101 cm³/mol. The second-order valence-electron chi connectivity index (χ2n) is 6.52. The highest BCUT2D eigenvalue weighted by Crippen LogP contribution is 2.33. The van der Waals surface area contributed by atoms with Crippen LogP contribution in [-0.4, -0.2) is 34.1 Å². The van der Waals surface area contributed by atoms with E-state index in [1.54, 1.807) is 30.8 Å². The van der Waals surface area contributed by atoms with E-state index in [1.807, 2.05) is 13.8 Å². The Morgan fingerprint density at radius 3 is 2.33 bits per heavy atom. The lowest BCUT2D eigenvalue weighted by atomic mass is 9.95. The van der Waals surface area contributed by atoms with E-state index in [4.69, 9.17) is 0 Å². The first kappa shape index (κ1) is 20.7. The van der Waals surface area contributed by atoms with Crippen molar-refractivity contribution in [2.45, 2.75) is 39.8 Å². The summed E-state index contributed by atoms with van der Waals surface area (Å²) in [6.45, 7) is 5.29. The van der Waals surface area contributed by atoms with Crippen LogP contribution < -0.4 is 5.32 Å². The normalized spacial score (nSPS) is 13.3. The van der Waals surface area contributed by atoms with Crippen molar-refractivity contribution in [2.24, 2.45) is 10.9 Å². The molecule has 2 rings (SSSR count). The zero-order valence-electron chi connectivity index (χ0n) is 15.8. The molecule has 1 aromatic carbocycles. The van der Waals surface area contributed by atoms with Gasteiger partial charge in [-0.3, -0.25) is 9.79 Å². The van der Waals surface area contributed by atoms with Gasteiger partial charge in [-0.1, -0.05) is 38.1 Å². The number of aliphatic imine (C=N–C) groups is 1. The Morgan fingerprint density at radius 2 is 1.89 bits per heavy atom. The first-order valence-electron chi connectivity index (χ1n) is 8.59. The topological polar surface area (TPSA) is 79.5 Å². The van der Waals surface area contributed by atoms with E-state index in [0.29, 0.717) is 17.9 Å². The molecule has 1 unspecified atom stereocenters. The molecule has 6 nitrogen and oxygen atoms in total. The molecule has 0 bridgehead atoms. The summed E-state index contributed by atoms with van der Waals surface area (Å²) in [5.41, 5.74) is 1.20. The number of aliphatic hydroxyl groups is 1. The van der Waals surface area contributed by atoms with E-state index in [-0.39, 0.29) is 28.8 Å². The van der Waals surface area contributed by atoms with Gasteiger partial charge in [0.2, 0.25) is 0 Å². The number of carbonyl (C=O) groups excluding carboxylic acids is 1. The highest BCUT2D eigenvalue weighted by Gasteiger charge is 2.26. The van der Waals surface area contributed by atoms with Crippen LogP contribution in [0.2, 0.25) is 0 Å². The third kappa shape index (κ3) is 4.39. The van der Waals surface area contributed by atoms with E-state index < -0.39 is 13.0 Å². The minimum atomic E-state index is -2.54. The van der Waals surface area contributed by atoms with Gasteiger partial charge in [-0.2, -0.15) is 5.10 Å². The number of hydrogen-bond donors (Lipinski definition) is 2. The van der Waals surface area contributed by atoms with Crippen LogP contribution in [0.25, 0.3) is 0 Å². The maximum Gasteiger partial charge on any atom is 0.263 e. The highest BCUT2D eigenvalue weighted by molar-refractivity contribution is 5.97. The monoisotopic (exact) mass is 378 g/mol. The molecule has 0 amide bonds. The number of aromatic nitrogens is 2. The molecule has 0 aliphatic heterocycles. The fraction of sp³-hybridized carbons (Fsp3) is 0.421. The van der Waals surface area contributed by atoms with Crippen molar-refractivity contribution in [3.05, 3.63) is 46.6 Å². The molecule has 2 aromatic rings. The van der Waals surface area contributed by atoms with Crippen LogP contribution in [0.3, 0.4) is 0 Å². The number of amidine groups is 1. The van der Waals surface area contributed by atoms with Gasteiger partial charge in [0, 0.05) is 12.6 Å². The van der Waals surface area contributed by atoms with E-state index in [2.05, 4.69) is 15.4 Å². The number of rotatable bonds is 7. The molecule has 0 saturated heterocycles. The van der Waals surface area contributed by atoms with Crippen LogP contribution in [0, 0.1) is 5.92 Å². The van der Waals surface area contributed by atoms with Crippen molar-refractivity contribution in [3.63, 3.8) is 0 Å². The van der Waals surface area contributed by atoms with Crippen LogP contribution >= 0.6 is 0 Å². The molecule has 1 atom stereocenters. The predicted octanol–water partition coefficient (Wildman–Crippen LogP) is 3.83. The summed E-state index contributed by atoms with van der Waals surface area (Å²) in [6.07, 6.45) is -1.90. The van der Waals surface area contributed by atoms with Crippen molar-refractivity contribution in [2.75, 3.05) is 12.4 Å². The summed E-state index contributed by atoms with van der Waals surface area (Å²) in [6, 6.07) is 5.72. The fourth-order valence-electron chi connectivity index (χ4n) is 2.93. The van der Waals surface area contributed by atoms with E-state index in [0.717, 1.165) is 5.56 Å².